The number of hydrogen-bond acceptors (Lipinski definition) is 6. The lowest BCUT2D eigenvalue weighted by molar-refractivity contribution is -0.127. The minimum atomic E-state index is -0.790. The molecular formula is C15H26N4O2S2. The summed E-state index contributed by atoms with van der Waals surface area (Å²) in [6.45, 7) is 7.56. The maximum Gasteiger partial charge on any atom is 0.350 e. The van der Waals surface area contributed by atoms with Crippen LogP contribution in [0.1, 0.15) is 52.4 Å². The highest BCUT2D eigenvalue weighted by molar-refractivity contribution is 7.97. The van der Waals surface area contributed by atoms with Gasteiger partial charge >= 0.3 is 6.03 Å². The van der Waals surface area contributed by atoms with Gasteiger partial charge < -0.3 is 0 Å². The predicted octanol–water partition coefficient (Wildman–Crippen LogP) is 3.13. The van der Waals surface area contributed by atoms with Crippen molar-refractivity contribution in [2.75, 3.05) is 26.2 Å². The number of urea groups is 1. The molecule has 3 saturated heterocycles. The van der Waals surface area contributed by atoms with Crippen LogP contribution in [0, 0.1) is 0 Å². The molecule has 3 rings (SSSR count). The third-order valence-corrected chi connectivity index (χ3v) is 7.04. The molecular weight excluding hydrogens is 332 g/mol. The normalized spacial score (nSPS) is 27.0. The zero-order valence-corrected chi connectivity index (χ0v) is 15.6. The van der Waals surface area contributed by atoms with Gasteiger partial charge in [0, 0.05) is 38.3 Å². The van der Waals surface area contributed by atoms with Crippen molar-refractivity contribution in [2.45, 2.75) is 57.9 Å². The van der Waals surface area contributed by atoms with Crippen molar-refractivity contribution in [3.8, 4) is 0 Å². The van der Waals surface area contributed by atoms with Crippen LogP contribution in [0.5, 0.6) is 0 Å². The van der Waals surface area contributed by atoms with Crippen LogP contribution in [0.15, 0.2) is 0 Å². The maximum absolute atomic E-state index is 12.8. The molecule has 23 heavy (non-hydrogen) atoms. The fraction of sp³-hybridized carbons (Fsp3) is 0.867. The molecule has 0 aromatic heterocycles. The van der Waals surface area contributed by atoms with Crippen molar-refractivity contribution in [1.82, 2.24) is 17.2 Å². The van der Waals surface area contributed by atoms with E-state index in [1.165, 1.54) is 41.4 Å². The van der Waals surface area contributed by atoms with Gasteiger partial charge in [0.2, 0.25) is 0 Å². The van der Waals surface area contributed by atoms with Gasteiger partial charge in [-0.2, -0.15) is 4.31 Å². The molecule has 0 radical (unpaired) electrons. The molecule has 6 nitrogen and oxygen atoms in total. The van der Waals surface area contributed by atoms with E-state index in [0.717, 1.165) is 51.9 Å². The van der Waals surface area contributed by atoms with Crippen molar-refractivity contribution in [1.29, 1.82) is 0 Å². The topological polar surface area (TPSA) is 47.1 Å². The van der Waals surface area contributed by atoms with Crippen LogP contribution in [0.3, 0.4) is 0 Å². The van der Waals surface area contributed by atoms with E-state index in [1.807, 2.05) is 13.8 Å². The number of carbonyl (C=O) groups excluding carboxylic acids is 2. The molecule has 130 valence electrons. The van der Waals surface area contributed by atoms with Crippen LogP contribution in [0.4, 0.5) is 4.79 Å². The third kappa shape index (κ3) is 3.65. The molecule has 3 heterocycles. The Hall–Kier alpha value is -0.440. The summed E-state index contributed by atoms with van der Waals surface area (Å²) >= 11 is 2.74. The van der Waals surface area contributed by atoms with E-state index < -0.39 is 5.54 Å². The van der Waals surface area contributed by atoms with Crippen molar-refractivity contribution in [3.05, 3.63) is 0 Å². The number of rotatable bonds is 4. The Kier molecular flexibility index (Phi) is 5.45. The fourth-order valence-corrected chi connectivity index (χ4v) is 5.32. The molecule has 3 aliphatic heterocycles. The summed E-state index contributed by atoms with van der Waals surface area (Å²) in [4.78, 5) is 25.6. The van der Waals surface area contributed by atoms with E-state index in [4.69, 9.17) is 0 Å². The molecule has 0 bridgehead atoms. The molecule has 0 unspecified atom stereocenters. The van der Waals surface area contributed by atoms with Crippen molar-refractivity contribution in [2.24, 2.45) is 0 Å². The number of piperidine rings is 2. The summed E-state index contributed by atoms with van der Waals surface area (Å²) in [5, 5.41) is 0. The first-order valence-electron chi connectivity index (χ1n) is 8.55. The fourth-order valence-electron chi connectivity index (χ4n) is 3.08. The standard InChI is InChI=1S/C15H26N4O2S2/c1-15(2)13(20)18(22-16-9-5-3-6-10-16)14(21)19(15)23-17-11-7-4-8-12-17/h3-12H2,1-2H3. The van der Waals surface area contributed by atoms with Gasteiger partial charge in [0.05, 0.1) is 12.1 Å². The molecule has 0 atom stereocenters. The second-order valence-electron chi connectivity index (χ2n) is 6.88. The van der Waals surface area contributed by atoms with Gasteiger partial charge in [-0.1, -0.05) is 12.8 Å². The van der Waals surface area contributed by atoms with Gasteiger partial charge in [-0.3, -0.25) is 4.79 Å². The average Bonchev–Trinajstić information content (AvgIpc) is 2.72. The van der Waals surface area contributed by atoms with Gasteiger partial charge in [0.25, 0.3) is 5.91 Å². The van der Waals surface area contributed by atoms with Crippen LogP contribution in [-0.4, -0.2) is 60.9 Å². The highest BCUT2D eigenvalue weighted by Crippen LogP contribution is 2.40. The van der Waals surface area contributed by atoms with E-state index in [-0.39, 0.29) is 11.9 Å². The first kappa shape index (κ1) is 17.4. The van der Waals surface area contributed by atoms with Gasteiger partial charge in [-0.25, -0.2) is 17.7 Å². The third-order valence-electron chi connectivity index (χ3n) is 4.59. The highest BCUT2D eigenvalue weighted by Gasteiger charge is 2.54. The molecule has 0 aliphatic carbocycles. The lowest BCUT2D eigenvalue weighted by Crippen LogP contribution is -2.42. The molecule has 0 aromatic rings. The van der Waals surface area contributed by atoms with Crippen LogP contribution in [-0.2, 0) is 4.79 Å². The minimum Gasteiger partial charge on any atom is -0.271 e. The SMILES string of the molecule is CC1(C)C(=O)N(SN2CCCCC2)C(=O)N1SN1CCCCC1. The van der Waals surface area contributed by atoms with E-state index in [2.05, 4.69) is 8.61 Å². The molecule has 3 aliphatic rings. The van der Waals surface area contributed by atoms with E-state index in [1.54, 1.807) is 4.31 Å². The lowest BCUT2D eigenvalue weighted by atomic mass is 10.1. The number of carbonyl (C=O) groups is 2. The molecule has 0 spiro atoms. The van der Waals surface area contributed by atoms with Crippen molar-refractivity contribution >= 4 is 36.2 Å². The van der Waals surface area contributed by atoms with Crippen LogP contribution in [0.25, 0.3) is 0 Å². The second-order valence-corrected chi connectivity index (χ2v) is 8.97. The first-order chi connectivity index (χ1) is 11.0. The Morgan fingerprint density at radius 1 is 0.783 bits per heavy atom. The predicted molar refractivity (Wildman–Crippen MR) is 94.2 cm³/mol. The second kappa shape index (κ2) is 7.21. The number of imide groups is 1. The van der Waals surface area contributed by atoms with Gasteiger partial charge in [-0.05, 0) is 39.5 Å². The lowest BCUT2D eigenvalue weighted by Gasteiger charge is -2.33. The summed E-state index contributed by atoms with van der Waals surface area (Å²) in [7, 11) is 0. The molecule has 0 aromatic carbocycles. The van der Waals surface area contributed by atoms with E-state index >= 15 is 0 Å². The summed E-state index contributed by atoms with van der Waals surface area (Å²) in [6.07, 6.45) is 7.09. The van der Waals surface area contributed by atoms with Crippen LogP contribution >= 0.6 is 24.3 Å². The van der Waals surface area contributed by atoms with E-state index in [9.17, 15) is 9.59 Å². The van der Waals surface area contributed by atoms with E-state index in [0.29, 0.717) is 0 Å². The van der Waals surface area contributed by atoms with Crippen LogP contribution < -0.4 is 0 Å². The number of amides is 3. The Morgan fingerprint density at radius 3 is 1.78 bits per heavy atom. The monoisotopic (exact) mass is 358 g/mol. The molecule has 8 heteroatoms. The number of hydrogen-bond donors (Lipinski definition) is 0. The molecule has 3 fully saturated rings. The average molecular weight is 359 g/mol. The smallest absolute Gasteiger partial charge is 0.271 e. The summed E-state index contributed by atoms with van der Waals surface area (Å²) < 4.78 is 7.38. The largest absolute Gasteiger partial charge is 0.350 e. The molecule has 0 saturated carbocycles. The zero-order chi connectivity index (χ0) is 16.4. The van der Waals surface area contributed by atoms with Crippen molar-refractivity contribution in [3.63, 3.8) is 0 Å². The Balaban J connectivity index is 1.67. The van der Waals surface area contributed by atoms with Gasteiger partial charge in [0.1, 0.15) is 5.54 Å². The first-order valence-corrected chi connectivity index (χ1v) is 10.0. The highest BCUT2D eigenvalue weighted by atomic mass is 32.2. The maximum atomic E-state index is 12.8. The number of nitrogens with zero attached hydrogens (tertiary/aromatic N) is 4. The van der Waals surface area contributed by atoms with Gasteiger partial charge in [0.15, 0.2) is 0 Å². The molecule has 3 amide bonds. The quantitative estimate of drug-likeness (QED) is 0.568. The Labute approximate surface area is 147 Å². The van der Waals surface area contributed by atoms with Crippen LogP contribution in [0.2, 0.25) is 0 Å². The molecule has 0 N–H and O–H groups in total. The van der Waals surface area contributed by atoms with Gasteiger partial charge in [-0.15, -0.1) is 0 Å². The Morgan fingerprint density at radius 2 is 1.26 bits per heavy atom. The zero-order valence-electron chi connectivity index (χ0n) is 14.0. The summed E-state index contributed by atoms with van der Waals surface area (Å²) in [5.41, 5.74) is -0.790. The minimum absolute atomic E-state index is 0.109. The summed E-state index contributed by atoms with van der Waals surface area (Å²) in [6, 6.07) is -0.189. The van der Waals surface area contributed by atoms with Crippen molar-refractivity contribution < 1.29 is 9.59 Å². The summed E-state index contributed by atoms with van der Waals surface area (Å²) in [5.74, 6) is -0.109. The Bertz CT molecular complexity index is 462.